The van der Waals surface area contributed by atoms with Crippen LogP contribution in [0.1, 0.15) is 31.7 Å². The van der Waals surface area contributed by atoms with Gasteiger partial charge in [0.2, 0.25) is 0 Å². The highest BCUT2D eigenvalue weighted by Crippen LogP contribution is 2.19. The molecular weight excluding hydrogens is 264 g/mol. The third-order valence-corrected chi connectivity index (χ3v) is 3.85. The standard InChI is InChI=1S/C17H28N2O2/c1-2-20-17-6-3-5-15(13-17)14-19-10-7-16(8-11-19)21-12-4-9-18/h3,5-6,13,16H,2,4,7-12,14,18H2,1H3. The van der Waals surface area contributed by atoms with Gasteiger partial charge in [-0.05, 0) is 50.4 Å². The van der Waals surface area contributed by atoms with Crippen LogP contribution in [-0.2, 0) is 11.3 Å². The Morgan fingerprint density at radius 2 is 2.10 bits per heavy atom. The number of likely N-dealkylation sites (tertiary alicyclic amines) is 1. The van der Waals surface area contributed by atoms with Crippen LogP contribution >= 0.6 is 0 Å². The van der Waals surface area contributed by atoms with Gasteiger partial charge in [0.15, 0.2) is 0 Å². The lowest BCUT2D eigenvalue weighted by atomic mass is 10.1. The maximum atomic E-state index is 5.85. The molecule has 1 aliphatic rings. The monoisotopic (exact) mass is 292 g/mol. The van der Waals surface area contributed by atoms with Crippen molar-refractivity contribution in [3.8, 4) is 5.75 Å². The fourth-order valence-corrected chi connectivity index (χ4v) is 2.73. The fourth-order valence-electron chi connectivity index (χ4n) is 2.73. The number of hydrogen-bond acceptors (Lipinski definition) is 4. The second kappa shape index (κ2) is 9.03. The van der Waals surface area contributed by atoms with Crippen LogP contribution in [-0.4, -0.2) is 43.9 Å². The largest absolute Gasteiger partial charge is 0.494 e. The van der Waals surface area contributed by atoms with Gasteiger partial charge in [-0.2, -0.15) is 0 Å². The van der Waals surface area contributed by atoms with E-state index in [-0.39, 0.29) is 0 Å². The molecule has 0 radical (unpaired) electrons. The molecule has 0 spiro atoms. The van der Waals surface area contributed by atoms with E-state index in [1.165, 1.54) is 5.56 Å². The molecule has 2 N–H and O–H groups in total. The Balaban J connectivity index is 1.74. The van der Waals surface area contributed by atoms with Crippen molar-refractivity contribution in [2.75, 3.05) is 32.8 Å². The van der Waals surface area contributed by atoms with Crippen LogP contribution in [0.5, 0.6) is 5.75 Å². The molecule has 0 unspecified atom stereocenters. The van der Waals surface area contributed by atoms with Crippen LogP contribution in [0.25, 0.3) is 0 Å². The lowest BCUT2D eigenvalue weighted by molar-refractivity contribution is 0.00562. The molecule has 0 aromatic heterocycles. The summed E-state index contributed by atoms with van der Waals surface area (Å²) >= 11 is 0. The lowest BCUT2D eigenvalue weighted by Crippen LogP contribution is -2.36. The maximum absolute atomic E-state index is 5.85. The lowest BCUT2D eigenvalue weighted by Gasteiger charge is -2.32. The molecule has 1 heterocycles. The number of ether oxygens (including phenoxy) is 2. The van der Waals surface area contributed by atoms with E-state index >= 15 is 0 Å². The molecule has 0 amide bonds. The van der Waals surface area contributed by atoms with Crippen molar-refractivity contribution in [1.82, 2.24) is 4.90 Å². The van der Waals surface area contributed by atoms with Crippen LogP contribution in [0, 0.1) is 0 Å². The first-order valence-electron chi connectivity index (χ1n) is 8.07. The van der Waals surface area contributed by atoms with Crippen molar-refractivity contribution in [2.24, 2.45) is 5.73 Å². The minimum atomic E-state index is 0.419. The normalized spacial score (nSPS) is 17.0. The van der Waals surface area contributed by atoms with Crippen LogP contribution < -0.4 is 10.5 Å². The van der Waals surface area contributed by atoms with Crippen LogP contribution in [0.2, 0.25) is 0 Å². The zero-order valence-electron chi connectivity index (χ0n) is 13.1. The van der Waals surface area contributed by atoms with E-state index in [1.807, 2.05) is 13.0 Å². The summed E-state index contributed by atoms with van der Waals surface area (Å²) in [5.74, 6) is 0.968. The van der Waals surface area contributed by atoms with Crippen molar-refractivity contribution in [3.63, 3.8) is 0 Å². The molecule has 21 heavy (non-hydrogen) atoms. The molecule has 0 saturated carbocycles. The molecule has 0 aliphatic carbocycles. The quantitative estimate of drug-likeness (QED) is 0.748. The van der Waals surface area contributed by atoms with Gasteiger partial charge in [0, 0.05) is 26.2 Å². The zero-order valence-corrected chi connectivity index (χ0v) is 13.1. The van der Waals surface area contributed by atoms with Gasteiger partial charge in [-0.1, -0.05) is 12.1 Å². The number of hydrogen-bond donors (Lipinski definition) is 1. The van der Waals surface area contributed by atoms with Crippen LogP contribution in [0.4, 0.5) is 0 Å². The molecule has 4 nitrogen and oxygen atoms in total. The summed E-state index contributed by atoms with van der Waals surface area (Å²) in [5, 5.41) is 0. The third kappa shape index (κ3) is 5.65. The van der Waals surface area contributed by atoms with Gasteiger partial charge in [-0.15, -0.1) is 0 Å². The minimum Gasteiger partial charge on any atom is -0.494 e. The Kier molecular flexibility index (Phi) is 7.00. The Labute approximate surface area is 128 Å². The van der Waals surface area contributed by atoms with E-state index in [0.29, 0.717) is 6.10 Å². The Hall–Kier alpha value is -1.10. The van der Waals surface area contributed by atoms with E-state index in [2.05, 4.69) is 23.1 Å². The van der Waals surface area contributed by atoms with Crippen molar-refractivity contribution < 1.29 is 9.47 Å². The second-order valence-corrected chi connectivity index (χ2v) is 5.57. The van der Waals surface area contributed by atoms with Crippen molar-refractivity contribution in [2.45, 2.75) is 38.8 Å². The van der Waals surface area contributed by atoms with E-state index in [9.17, 15) is 0 Å². The highest BCUT2D eigenvalue weighted by atomic mass is 16.5. The average molecular weight is 292 g/mol. The van der Waals surface area contributed by atoms with Gasteiger partial charge in [-0.3, -0.25) is 4.90 Å². The maximum Gasteiger partial charge on any atom is 0.119 e. The van der Waals surface area contributed by atoms with E-state index < -0.39 is 0 Å². The summed E-state index contributed by atoms with van der Waals surface area (Å²) in [7, 11) is 0. The molecule has 1 aliphatic heterocycles. The van der Waals surface area contributed by atoms with E-state index in [0.717, 1.165) is 64.4 Å². The highest BCUT2D eigenvalue weighted by molar-refractivity contribution is 5.28. The summed E-state index contributed by atoms with van der Waals surface area (Å²) in [4.78, 5) is 2.49. The molecule has 0 atom stereocenters. The van der Waals surface area contributed by atoms with Gasteiger partial charge < -0.3 is 15.2 Å². The van der Waals surface area contributed by atoms with E-state index in [4.69, 9.17) is 15.2 Å². The fraction of sp³-hybridized carbons (Fsp3) is 0.647. The predicted molar refractivity (Wildman–Crippen MR) is 85.5 cm³/mol. The number of rotatable bonds is 8. The molecule has 0 bridgehead atoms. The molecule has 4 heteroatoms. The SMILES string of the molecule is CCOc1cccc(CN2CCC(OCCCN)CC2)c1. The van der Waals surface area contributed by atoms with Gasteiger partial charge in [0.1, 0.15) is 5.75 Å². The van der Waals surface area contributed by atoms with Gasteiger partial charge in [0.25, 0.3) is 0 Å². The highest BCUT2D eigenvalue weighted by Gasteiger charge is 2.19. The van der Waals surface area contributed by atoms with Gasteiger partial charge >= 0.3 is 0 Å². The van der Waals surface area contributed by atoms with Crippen LogP contribution in [0.15, 0.2) is 24.3 Å². The topological polar surface area (TPSA) is 47.7 Å². The second-order valence-electron chi connectivity index (χ2n) is 5.57. The molecular formula is C17H28N2O2. The molecule has 1 fully saturated rings. The Bertz CT molecular complexity index is 404. The molecule has 118 valence electrons. The van der Waals surface area contributed by atoms with Crippen molar-refractivity contribution >= 4 is 0 Å². The third-order valence-electron chi connectivity index (χ3n) is 3.85. The Morgan fingerprint density at radius 3 is 2.81 bits per heavy atom. The first kappa shape index (κ1) is 16.3. The van der Waals surface area contributed by atoms with Crippen molar-refractivity contribution in [1.29, 1.82) is 0 Å². The number of piperidine rings is 1. The first-order valence-corrected chi connectivity index (χ1v) is 8.07. The average Bonchev–Trinajstić information content (AvgIpc) is 2.50. The summed E-state index contributed by atoms with van der Waals surface area (Å²) in [6.07, 6.45) is 3.62. The molecule has 1 saturated heterocycles. The smallest absolute Gasteiger partial charge is 0.119 e. The number of nitrogens with two attached hydrogens (primary N) is 1. The van der Waals surface area contributed by atoms with E-state index in [1.54, 1.807) is 0 Å². The summed E-state index contributed by atoms with van der Waals surface area (Å²) in [6.45, 7) is 7.46. The Morgan fingerprint density at radius 1 is 1.29 bits per heavy atom. The van der Waals surface area contributed by atoms with Crippen LogP contribution in [0.3, 0.4) is 0 Å². The number of nitrogens with zero attached hydrogens (tertiary/aromatic N) is 1. The molecule has 2 rings (SSSR count). The van der Waals surface area contributed by atoms with Gasteiger partial charge in [0.05, 0.1) is 12.7 Å². The molecule has 1 aromatic rings. The predicted octanol–water partition coefficient (Wildman–Crippen LogP) is 2.42. The number of benzene rings is 1. The van der Waals surface area contributed by atoms with Gasteiger partial charge in [-0.25, -0.2) is 0 Å². The minimum absolute atomic E-state index is 0.419. The molecule has 1 aromatic carbocycles. The first-order chi connectivity index (χ1) is 10.3. The summed E-state index contributed by atoms with van der Waals surface area (Å²) < 4.78 is 11.4. The summed E-state index contributed by atoms with van der Waals surface area (Å²) in [5.41, 5.74) is 6.81. The van der Waals surface area contributed by atoms with Crippen molar-refractivity contribution in [3.05, 3.63) is 29.8 Å². The summed E-state index contributed by atoms with van der Waals surface area (Å²) in [6, 6.07) is 8.41. The zero-order chi connectivity index (χ0) is 14.9.